The fourth-order valence-corrected chi connectivity index (χ4v) is 2.37. The Bertz CT molecular complexity index is 657. The maximum atomic E-state index is 11.9. The number of hydrogen-bond donors (Lipinski definition) is 1. The third kappa shape index (κ3) is 5.13. The summed E-state index contributed by atoms with van der Waals surface area (Å²) in [5.41, 5.74) is 1.60. The number of hydrogen-bond acceptors (Lipinski definition) is 3. The van der Waals surface area contributed by atoms with E-state index in [4.69, 9.17) is 4.74 Å². The van der Waals surface area contributed by atoms with Crippen LogP contribution in [0.4, 0.5) is 4.79 Å². The Morgan fingerprint density at radius 3 is 2.57 bits per heavy atom. The van der Waals surface area contributed by atoms with Crippen LogP contribution in [0.15, 0.2) is 36.5 Å². The number of nitrogens with one attached hydrogen (secondary N) is 1. The van der Waals surface area contributed by atoms with Crippen LogP contribution in [0.1, 0.15) is 50.8 Å². The van der Waals surface area contributed by atoms with Crippen LogP contribution in [0.5, 0.6) is 0 Å². The molecule has 124 valence electrons. The molecule has 0 saturated carbocycles. The summed E-state index contributed by atoms with van der Waals surface area (Å²) in [6.45, 7) is 10.1. The molecule has 23 heavy (non-hydrogen) atoms. The smallest absolute Gasteiger partial charge is 0.408 e. The Balaban J connectivity index is 2.11. The van der Waals surface area contributed by atoms with E-state index in [2.05, 4.69) is 27.0 Å². The summed E-state index contributed by atoms with van der Waals surface area (Å²) in [7, 11) is 0. The summed E-state index contributed by atoms with van der Waals surface area (Å²) >= 11 is 0. The summed E-state index contributed by atoms with van der Waals surface area (Å²) in [6, 6.07) is 9.94. The normalized spacial score (nSPS) is 12.7. The Hall–Kier alpha value is -2.30. The molecule has 0 spiro atoms. The molecule has 1 aromatic heterocycles. The van der Waals surface area contributed by atoms with E-state index in [1.165, 1.54) is 5.56 Å². The summed E-state index contributed by atoms with van der Waals surface area (Å²) in [5.74, 6) is 0.817. The largest absolute Gasteiger partial charge is 0.444 e. The zero-order valence-corrected chi connectivity index (χ0v) is 14.5. The standard InChI is InChI=1S/C18H25N3O2/c1-13-11-21(12-15-9-7-6-8-10-15)16(19-13)14(2)20-17(22)23-18(3,4)5/h6-11,14H,12H2,1-5H3,(H,20,22)/t14-/m0/s1. The number of carbonyl (C=O) groups is 1. The molecular formula is C18H25N3O2. The van der Waals surface area contributed by atoms with E-state index in [1.807, 2.05) is 59.0 Å². The number of aromatic nitrogens is 2. The molecule has 1 amide bonds. The predicted octanol–water partition coefficient (Wildman–Crippen LogP) is 3.83. The number of alkyl carbamates (subject to hydrolysis) is 1. The van der Waals surface area contributed by atoms with Crippen LogP contribution < -0.4 is 5.32 Å². The van der Waals surface area contributed by atoms with Crippen molar-refractivity contribution in [3.8, 4) is 0 Å². The first-order valence-electron chi connectivity index (χ1n) is 7.82. The number of nitrogens with zero attached hydrogens (tertiary/aromatic N) is 2. The number of benzene rings is 1. The van der Waals surface area contributed by atoms with E-state index >= 15 is 0 Å². The fourth-order valence-electron chi connectivity index (χ4n) is 2.37. The zero-order chi connectivity index (χ0) is 17.0. The van der Waals surface area contributed by atoms with Gasteiger partial charge in [0.15, 0.2) is 0 Å². The van der Waals surface area contributed by atoms with Gasteiger partial charge in [0.05, 0.1) is 11.7 Å². The van der Waals surface area contributed by atoms with Gasteiger partial charge in [-0.25, -0.2) is 9.78 Å². The van der Waals surface area contributed by atoms with Gasteiger partial charge in [0.1, 0.15) is 11.4 Å². The average Bonchev–Trinajstić information content (AvgIpc) is 2.78. The Kier molecular flexibility index (Phi) is 5.08. The molecule has 5 nitrogen and oxygen atoms in total. The molecule has 1 atom stereocenters. The summed E-state index contributed by atoms with van der Waals surface area (Å²) < 4.78 is 7.37. The Morgan fingerprint density at radius 1 is 1.30 bits per heavy atom. The van der Waals surface area contributed by atoms with Crippen molar-refractivity contribution in [3.05, 3.63) is 53.6 Å². The minimum absolute atomic E-state index is 0.234. The topological polar surface area (TPSA) is 56.2 Å². The number of ether oxygens (including phenoxy) is 1. The van der Waals surface area contributed by atoms with Crippen LogP contribution in [0.3, 0.4) is 0 Å². The van der Waals surface area contributed by atoms with Crippen molar-refractivity contribution in [2.75, 3.05) is 0 Å². The monoisotopic (exact) mass is 315 g/mol. The predicted molar refractivity (Wildman–Crippen MR) is 90.3 cm³/mol. The summed E-state index contributed by atoms with van der Waals surface area (Å²) in [4.78, 5) is 16.5. The lowest BCUT2D eigenvalue weighted by Crippen LogP contribution is -2.35. The lowest BCUT2D eigenvalue weighted by atomic mass is 10.2. The van der Waals surface area contributed by atoms with Gasteiger partial charge in [0.25, 0.3) is 0 Å². The number of amides is 1. The number of aryl methyl sites for hydroxylation is 1. The van der Waals surface area contributed by atoms with Gasteiger partial charge >= 0.3 is 6.09 Å². The van der Waals surface area contributed by atoms with Crippen molar-refractivity contribution in [2.24, 2.45) is 0 Å². The molecule has 0 aliphatic rings. The maximum Gasteiger partial charge on any atom is 0.408 e. The quantitative estimate of drug-likeness (QED) is 0.933. The minimum Gasteiger partial charge on any atom is -0.444 e. The van der Waals surface area contributed by atoms with Crippen molar-refractivity contribution in [2.45, 2.75) is 52.8 Å². The molecule has 2 aromatic rings. The van der Waals surface area contributed by atoms with Crippen molar-refractivity contribution in [1.82, 2.24) is 14.9 Å². The molecule has 0 radical (unpaired) electrons. The van der Waals surface area contributed by atoms with Gasteiger partial charge in [-0.05, 0) is 40.2 Å². The van der Waals surface area contributed by atoms with E-state index < -0.39 is 11.7 Å². The first-order valence-corrected chi connectivity index (χ1v) is 7.82. The molecule has 0 unspecified atom stereocenters. The van der Waals surface area contributed by atoms with Crippen molar-refractivity contribution >= 4 is 6.09 Å². The van der Waals surface area contributed by atoms with Crippen LogP contribution in [-0.2, 0) is 11.3 Å². The van der Waals surface area contributed by atoms with E-state index in [9.17, 15) is 4.79 Å². The lowest BCUT2D eigenvalue weighted by Gasteiger charge is -2.22. The number of imidazole rings is 1. The minimum atomic E-state index is -0.515. The molecule has 0 bridgehead atoms. The molecule has 1 aromatic carbocycles. The summed E-state index contributed by atoms with van der Waals surface area (Å²) in [5, 5.41) is 2.85. The molecular weight excluding hydrogens is 290 g/mol. The SMILES string of the molecule is Cc1cn(Cc2ccccc2)c([C@H](C)NC(=O)OC(C)(C)C)n1. The second kappa shape index (κ2) is 6.86. The van der Waals surface area contributed by atoms with Crippen LogP contribution in [-0.4, -0.2) is 21.2 Å². The summed E-state index contributed by atoms with van der Waals surface area (Å²) in [6.07, 6.45) is 1.56. The molecule has 0 saturated heterocycles. The number of rotatable bonds is 4. The highest BCUT2D eigenvalue weighted by atomic mass is 16.6. The highest BCUT2D eigenvalue weighted by Gasteiger charge is 2.21. The van der Waals surface area contributed by atoms with E-state index in [0.717, 1.165) is 18.1 Å². The third-order valence-electron chi connectivity index (χ3n) is 3.24. The van der Waals surface area contributed by atoms with Gasteiger partial charge in [0.2, 0.25) is 0 Å². The molecule has 2 rings (SSSR count). The van der Waals surface area contributed by atoms with Crippen LogP contribution in [0, 0.1) is 6.92 Å². The second-order valence-electron chi connectivity index (χ2n) is 6.72. The van der Waals surface area contributed by atoms with Gasteiger partial charge in [-0.15, -0.1) is 0 Å². The lowest BCUT2D eigenvalue weighted by molar-refractivity contribution is 0.0505. The maximum absolute atomic E-state index is 11.9. The first kappa shape index (κ1) is 17.1. The Morgan fingerprint density at radius 2 is 1.96 bits per heavy atom. The van der Waals surface area contributed by atoms with Gasteiger partial charge in [-0.1, -0.05) is 30.3 Å². The van der Waals surface area contributed by atoms with Crippen LogP contribution in [0.2, 0.25) is 0 Å². The van der Waals surface area contributed by atoms with Crippen LogP contribution >= 0.6 is 0 Å². The van der Waals surface area contributed by atoms with E-state index in [-0.39, 0.29) is 6.04 Å². The second-order valence-corrected chi connectivity index (χ2v) is 6.72. The van der Waals surface area contributed by atoms with Crippen LogP contribution in [0.25, 0.3) is 0 Å². The Labute approximate surface area is 137 Å². The van der Waals surface area contributed by atoms with Gasteiger partial charge in [-0.3, -0.25) is 0 Å². The zero-order valence-electron chi connectivity index (χ0n) is 14.5. The van der Waals surface area contributed by atoms with E-state index in [0.29, 0.717) is 0 Å². The van der Waals surface area contributed by atoms with Crippen molar-refractivity contribution in [3.63, 3.8) is 0 Å². The highest BCUT2D eigenvalue weighted by molar-refractivity contribution is 5.68. The fraction of sp³-hybridized carbons (Fsp3) is 0.444. The van der Waals surface area contributed by atoms with E-state index in [1.54, 1.807) is 0 Å². The van der Waals surface area contributed by atoms with Gasteiger partial charge < -0.3 is 14.6 Å². The molecule has 1 N–H and O–H groups in total. The molecule has 0 aliphatic carbocycles. The van der Waals surface area contributed by atoms with Gasteiger partial charge in [0, 0.05) is 12.7 Å². The van der Waals surface area contributed by atoms with Crippen molar-refractivity contribution < 1.29 is 9.53 Å². The molecule has 5 heteroatoms. The van der Waals surface area contributed by atoms with Crippen molar-refractivity contribution in [1.29, 1.82) is 0 Å². The van der Waals surface area contributed by atoms with Gasteiger partial charge in [-0.2, -0.15) is 0 Å². The highest BCUT2D eigenvalue weighted by Crippen LogP contribution is 2.16. The molecule has 1 heterocycles. The first-order chi connectivity index (χ1) is 10.7. The third-order valence-corrected chi connectivity index (χ3v) is 3.24. The molecule has 0 fully saturated rings. The average molecular weight is 315 g/mol. The molecule has 0 aliphatic heterocycles. The number of carbonyl (C=O) groups excluding carboxylic acids is 1.